The van der Waals surface area contributed by atoms with Crippen LogP contribution in [-0.4, -0.2) is 16.0 Å². The zero-order valence-electron chi connectivity index (χ0n) is 43.4. The fourth-order valence-corrected chi connectivity index (χ4v) is 9.68. The summed E-state index contributed by atoms with van der Waals surface area (Å²) < 4.78 is 2.50. The van der Waals surface area contributed by atoms with E-state index in [1.807, 2.05) is 100 Å². The second-order valence-electron chi connectivity index (χ2n) is 18.5. The first-order valence-corrected chi connectivity index (χ1v) is 25.5. The maximum Gasteiger partial charge on any atom is 0.0662 e. The smallest absolute Gasteiger partial charge is 0.0662 e. The van der Waals surface area contributed by atoms with E-state index in [0.717, 1.165) is 22.8 Å². The number of aryl methyl sites for hydroxylation is 4. The third-order valence-electron chi connectivity index (χ3n) is 13.4. The number of nitrogens with zero attached hydrogens (tertiary/aromatic N) is 3. The molecule has 0 N–H and O–H groups in total. The summed E-state index contributed by atoms with van der Waals surface area (Å²) >= 11 is 0. The summed E-state index contributed by atoms with van der Waals surface area (Å²) in [7, 11) is 0. The fraction of sp³-hybridized carbons (Fsp3) is 0.114. The third-order valence-corrected chi connectivity index (χ3v) is 13.4. The lowest BCUT2D eigenvalue weighted by Gasteiger charge is -2.15. The molecule has 0 saturated carbocycles. The molecule has 0 saturated heterocycles. The van der Waals surface area contributed by atoms with Gasteiger partial charge >= 0.3 is 0 Å². The van der Waals surface area contributed by atoms with Gasteiger partial charge in [-0.2, -0.15) is 0 Å². The maximum absolute atomic E-state index is 4.65. The minimum absolute atomic E-state index is 1.05. The predicted octanol–water partition coefficient (Wildman–Crippen LogP) is 19.7. The minimum Gasteiger partial charge on any atom is -0.308 e. The molecule has 0 fully saturated rings. The molecule has 0 radical (unpaired) electrons. The Hall–Kier alpha value is -8.66. The Labute approximate surface area is 432 Å². The molecular formula is C70H63N3. The summed E-state index contributed by atoms with van der Waals surface area (Å²) in [5, 5.41) is 2.58. The Morgan fingerprint density at radius 1 is 0.342 bits per heavy atom. The Kier molecular flexibility index (Phi) is 15.3. The van der Waals surface area contributed by atoms with Gasteiger partial charge in [-0.25, -0.2) is 0 Å². The monoisotopic (exact) mass is 946 g/mol. The zero-order chi connectivity index (χ0) is 50.8. The average molecular weight is 946 g/mol. The molecule has 3 nitrogen and oxygen atoms in total. The highest BCUT2D eigenvalue weighted by Gasteiger charge is 2.25. The van der Waals surface area contributed by atoms with Crippen molar-refractivity contribution in [2.24, 2.45) is 9.98 Å². The summed E-state index contributed by atoms with van der Waals surface area (Å²) in [6.45, 7) is 16.6. The Morgan fingerprint density at radius 3 is 1.34 bits per heavy atom. The first kappa shape index (κ1) is 49.3. The first-order valence-electron chi connectivity index (χ1n) is 25.5. The Bertz CT molecular complexity index is 3660. The van der Waals surface area contributed by atoms with Crippen LogP contribution in [0.25, 0.3) is 72.0 Å². The van der Waals surface area contributed by atoms with Crippen molar-refractivity contribution in [3.05, 3.63) is 270 Å². The van der Waals surface area contributed by atoms with Gasteiger partial charge in [0.05, 0.1) is 28.1 Å². The molecule has 0 bridgehead atoms. The average Bonchev–Trinajstić information content (AvgIpc) is 3.71. The van der Waals surface area contributed by atoms with Crippen LogP contribution >= 0.6 is 0 Å². The molecule has 12 rings (SSSR count). The molecule has 1 aromatic heterocycles. The zero-order valence-corrected chi connectivity index (χ0v) is 43.4. The van der Waals surface area contributed by atoms with Crippen molar-refractivity contribution >= 4 is 44.6 Å². The maximum atomic E-state index is 4.65. The summed E-state index contributed by atoms with van der Waals surface area (Å²) in [5.41, 5.74) is 25.4. The standard InChI is InChI=1S/C38H27N.2C15H15N.C2H6/c1-24-9-7-11-26(19-24)28-17-18-37-33(21-28)30-13-3-4-14-31(30)34-22-29(27-12-8-10-25(2)20-27)23-35-32-15-5-6-16-36(32)39(37)38(34)35;2*1-12-8-6-7-11-15(12)16-13(2)14-9-4-3-5-10-14;1-2/h3-23H,1-2H3;2*3-11H,1-2H3;1-2H3. The van der Waals surface area contributed by atoms with Crippen LogP contribution in [0.15, 0.2) is 247 Å². The van der Waals surface area contributed by atoms with Gasteiger partial charge in [-0.15, -0.1) is 0 Å². The predicted molar refractivity (Wildman–Crippen MR) is 316 cm³/mol. The van der Waals surface area contributed by atoms with Crippen LogP contribution in [-0.2, 0) is 0 Å². The van der Waals surface area contributed by atoms with Crippen LogP contribution in [0.2, 0.25) is 0 Å². The normalized spacial score (nSPS) is 11.5. The number of aliphatic imine (C=N–C) groups is 2. The number of para-hydroxylation sites is 3. The molecule has 0 amide bonds. The van der Waals surface area contributed by atoms with Crippen molar-refractivity contribution in [1.29, 1.82) is 0 Å². The van der Waals surface area contributed by atoms with Gasteiger partial charge in [-0.05, 0) is 140 Å². The van der Waals surface area contributed by atoms with Gasteiger partial charge in [-0.1, -0.05) is 219 Å². The number of benzene rings is 10. The minimum atomic E-state index is 1.05. The summed E-state index contributed by atoms with van der Waals surface area (Å²) in [6, 6.07) is 84.0. The van der Waals surface area contributed by atoms with Crippen molar-refractivity contribution in [3.8, 4) is 50.2 Å². The van der Waals surface area contributed by atoms with Crippen LogP contribution in [0.3, 0.4) is 0 Å². The van der Waals surface area contributed by atoms with E-state index < -0.39 is 0 Å². The molecule has 2 heterocycles. The topological polar surface area (TPSA) is 29.6 Å². The number of aromatic nitrogens is 1. The van der Waals surface area contributed by atoms with Crippen LogP contribution in [0.4, 0.5) is 11.4 Å². The van der Waals surface area contributed by atoms with E-state index in [2.05, 4.69) is 206 Å². The number of hydrogen-bond donors (Lipinski definition) is 0. The number of hydrogen-bond acceptors (Lipinski definition) is 2. The SMILES string of the molecule is CC.CC(=Nc1ccccc1C)c1ccccc1.CC(=Nc1ccccc1C)c1ccccc1.Cc1cccc(-c2ccc3c(c2)-c2ccccc2-c2cc(-c4cccc(C)c4)cc4c5ccccc5n-3c24)c1. The highest BCUT2D eigenvalue weighted by atomic mass is 15.0. The second kappa shape index (κ2) is 22.6. The van der Waals surface area contributed by atoms with Crippen molar-refractivity contribution in [2.75, 3.05) is 0 Å². The van der Waals surface area contributed by atoms with Gasteiger partial charge in [0.25, 0.3) is 0 Å². The molecule has 0 unspecified atom stereocenters. The Morgan fingerprint density at radius 2 is 0.795 bits per heavy atom. The van der Waals surface area contributed by atoms with Gasteiger partial charge in [0.2, 0.25) is 0 Å². The summed E-state index contributed by atoms with van der Waals surface area (Å²) in [4.78, 5) is 9.29. The van der Waals surface area contributed by atoms with Gasteiger partial charge in [-0.3, -0.25) is 9.98 Å². The molecule has 11 aromatic rings. The van der Waals surface area contributed by atoms with Crippen LogP contribution in [0.5, 0.6) is 0 Å². The molecule has 3 heteroatoms. The van der Waals surface area contributed by atoms with E-state index in [1.165, 1.54) is 105 Å². The van der Waals surface area contributed by atoms with Gasteiger partial charge in [0.1, 0.15) is 0 Å². The molecule has 0 aliphatic carbocycles. The van der Waals surface area contributed by atoms with E-state index in [9.17, 15) is 0 Å². The van der Waals surface area contributed by atoms with Gasteiger partial charge in [0, 0.05) is 33.3 Å². The molecule has 73 heavy (non-hydrogen) atoms. The molecule has 1 aliphatic rings. The quantitative estimate of drug-likeness (QED) is 0.149. The van der Waals surface area contributed by atoms with Crippen molar-refractivity contribution in [2.45, 2.75) is 55.4 Å². The van der Waals surface area contributed by atoms with Gasteiger partial charge in [0.15, 0.2) is 0 Å². The highest BCUT2D eigenvalue weighted by molar-refractivity contribution is 6.18. The number of fused-ring (bicyclic) bond motifs is 8. The third kappa shape index (κ3) is 10.8. The molecule has 0 spiro atoms. The highest BCUT2D eigenvalue weighted by Crippen LogP contribution is 2.49. The van der Waals surface area contributed by atoms with E-state index in [1.54, 1.807) is 0 Å². The number of rotatable bonds is 6. The van der Waals surface area contributed by atoms with E-state index in [4.69, 9.17) is 0 Å². The molecule has 358 valence electrons. The van der Waals surface area contributed by atoms with E-state index in [-0.39, 0.29) is 0 Å². The molecule has 0 atom stereocenters. The summed E-state index contributed by atoms with van der Waals surface area (Å²) in [6.07, 6.45) is 0. The molecule has 1 aliphatic heterocycles. The summed E-state index contributed by atoms with van der Waals surface area (Å²) in [5.74, 6) is 0. The fourth-order valence-electron chi connectivity index (χ4n) is 9.68. The van der Waals surface area contributed by atoms with Crippen molar-refractivity contribution < 1.29 is 0 Å². The Balaban J connectivity index is 0.000000159. The second-order valence-corrected chi connectivity index (χ2v) is 18.5. The lowest BCUT2D eigenvalue weighted by Crippen LogP contribution is -1.96. The van der Waals surface area contributed by atoms with Crippen LogP contribution < -0.4 is 0 Å². The lowest BCUT2D eigenvalue weighted by atomic mass is 9.90. The van der Waals surface area contributed by atoms with Crippen LogP contribution in [0.1, 0.15) is 61.1 Å². The van der Waals surface area contributed by atoms with Gasteiger partial charge < -0.3 is 4.57 Å². The largest absolute Gasteiger partial charge is 0.308 e. The van der Waals surface area contributed by atoms with E-state index >= 15 is 0 Å². The van der Waals surface area contributed by atoms with Crippen molar-refractivity contribution in [3.63, 3.8) is 0 Å². The molecule has 10 aromatic carbocycles. The van der Waals surface area contributed by atoms with E-state index in [0.29, 0.717) is 0 Å². The van der Waals surface area contributed by atoms with Crippen LogP contribution in [0, 0.1) is 27.7 Å². The lowest BCUT2D eigenvalue weighted by molar-refractivity contribution is 1.19. The molecular weight excluding hydrogens is 883 g/mol. The first-order chi connectivity index (χ1) is 35.7. The van der Waals surface area contributed by atoms with Crippen molar-refractivity contribution in [1.82, 2.24) is 4.57 Å².